The van der Waals surface area contributed by atoms with Gasteiger partial charge in [-0.2, -0.15) is 0 Å². The number of amides is 1. The van der Waals surface area contributed by atoms with E-state index in [4.69, 9.17) is 11.6 Å². The molecular weight excluding hydrogens is 240 g/mol. The van der Waals surface area contributed by atoms with Crippen molar-refractivity contribution in [2.75, 3.05) is 13.1 Å². The van der Waals surface area contributed by atoms with Crippen LogP contribution in [0.3, 0.4) is 0 Å². The van der Waals surface area contributed by atoms with Gasteiger partial charge in [-0.15, -0.1) is 21.8 Å². The van der Waals surface area contributed by atoms with Crippen LogP contribution in [-0.4, -0.2) is 38.7 Å². The summed E-state index contributed by atoms with van der Waals surface area (Å²) in [4.78, 5) is 14.2. The van der Waals surface area contributed by atoms with Crippen molar-refractivity contribution in [2.45, 2.75) is 38.1 Å². The second kappa shape index (κ2) is 5.49. The molecule has 0 spiro atoms. The van der Waals surface area contributed by atoms with Crippen molar-refractivity contribution >= 4 is 17.5 Å². The molecule has 17 heavy (non-hydrogen) atoms. The van der Waals surface area contributed by atoms with Crippen LogP contribution in [0.4, 0.5) is 0 Å². The van der Waals surface area contributed by atoms with Gasteiger partial charge in [0.2, 0.25) is 5.91 Å². The number of likely N-dealkylation sites (tertiary alicyclic amines) is 1. The predicted octanol–water partition coefficient (Wildman–Crippen LogP) is 1.59. The maximum atomic E-state index is 12.3. The van der Waals surface area contributed by atoms with Crippen LogP contribution in [0.15, 0.2) is 6.33 Å². The highest BCUT2D eigenvalue weighted by molar-refractivity contribution is 6.16. The highest BCUT2D eigenvalue weighted by Crippen LogP contribution is 2.17. The number of hydrogen-bond donors (Lipinski definition) is 0. The molecule has 0 radical (unpaired) electrons. The van der Waals surface area contributed by atoms with E-state index in [-0.39, 0.29) is 17.8 Å². The molecule has 0 aromatic carbocycles. The van der Waals surface area contributed by atoms with E-state index < -0.39 is 0 Å². The topological polar surface area (TPSA) is 51.0 Å². The molecule has 2 heterocycles. The molecule has 1 fully saturated rings. The second-order valence-electron chi connectivity index (χ2n) is 4.35. The molecule has 2 rings (SSSR count). The van der Waals surface area contributed by atoms with E-state index >= 15 is 0 Å². The lowest BCUT2D eigenvalue weighted by molar-refractivity contribution is -0.135. The van der Waals surface area contributed by atoms with Gasteiger partial charge in [0, 0.05) is 13.1 Å². The first-order valence-corrected chi connectivity index (χ1v) is 6.50. The van der Waals surface area contributed by atoms with Crippen LogP contribution >= 0.6 is 11.6 Å². The molecular formula is C11H17ClN4O. The first-order valence-electron chi connectivity index (χ1n) is 5.97. The van der Waals surface area contributed by atoms with E-state index in [1.807, 2.05) is 11.8 Å². The number of carbonyl (C=O) groups is 1. The standard InChI is InChI=1S/C11H17ClN4O/c1-9(16-8-13-14-10(16)7-12)11(17)15-5-3-2-4-6-15/h8-9H,2-7H2,1H3. The van der Waals surface area contributed by atoms with Crippen LogP contribution in [0.5, 0.6) is 0 Å². The van der Waals surface area contributed by atoms with E-state index in [9.17, 15) is 4.79 Å². The molecule has 1 aliphatic rings. The van der Waals surface area contributed by atoms with Crippen molar-refractivity contribution in [1.29, 1.82) is 0 Å². The van der Waals surface area contributed by atoms with Crippen LogP contribution < -0.4 is 0 Å². The summed E-state index contributed by atoms with van der Waals surface area (Å²) in [7, 11) is 0. The Balaban J connectivity index is 2.08. The molecule has 1 aliphatic heterocycles. The fourth-order valence-electron chi connectivity index (χ4n) is 2.18. The Morgan fingerprint density at radius 1 is 1.47 bits per heavy atom. The van der Waals surface area contributed by atoms with E-state index in [1.54, 1.807) is 10.9 Å². The zero-order valence-electron chi connectivity index (χ0n) is 9.97. The molecule has 6 heteroatoms. The third-order valence-corrected chi connectivity index (χ3v) is 3.45. The SMILES string of the molecule is CC(C(=O)N1CCCCC1)n1cnnc1CCl. The Kier molecular flexibility index (Phi) is 3.99. The van der Waals surface area contributed by atoms with Crippen molar-refractivity contribution in [3.05, 3.63) is 12.2 Å². The molecule has 0 saturated carbocycles. The maximum Gasteiger partial charge on any atom is 0.245 e. The van der Waals surface area contributed by atoms with Crippen LogP contribution in [0.1, 0.15) is 38.1 Å². The average Bonchev–Trinajstić information content (AvgIpc) is 2.86. The normalized spacial score (nSPS) is 18.1. The lowest BCUT2D eigenvalue weighted by atomic mass is 10.1. The minimum atomic E-state index is -0.267. The van der Waals surface area contributed by atoms with Crippen LogP contribution in [0, 0.1) is 0 Å². The summed E-state index contributed by atoms with van der Waals surface area (Å²) in [6.07, 6.45) is 4.99. The molecule has 1 amide bonds. The number of piperidine rings is 1. The smallest absolute Gasteiger partial charge is 0.245 e. The van der Waals surface area contributed by atoms with Gasteiger partial charge in [0.25, 0.3) is 0 Å². The second-order valence-corrected chi connectivity index (χ2v) is 4.62. The Hall–Kier alpha value is -1.10. The summed E-state index contributed by atoms with van der Waals surface area (Å²) in [6, 6.07) is -0.267. The number of nitrogens with zero attached hydrogens (tertiary/aromatic N) is 4. The van der Waals surface area contributed by atoms with Crippen molar-refractivity contribution in [3.8, 4) is 0 Å². The maximum absolute atomic E-state index is 12.3. The molecule has 1 atom stereocenters. The van der Waals surface area contributed by atoms with Gasteiger partial charge >= 0.3 is 0 Å². The van der Waals surface area contributed by atoms with E-state index in [2.05, 4.69) is 10.2 Å². The number of halogens is 1. The summed E-state index contributed by atoms with van der Waals surface area (Å²) < 4.78 is 1.75. The Morgan fingerprint density at radius 2 is 2.18 bits per heavy atom. The highest BCUT2D eigenvalue weighted by atomic mass is 35.5. The molecule has 5 nitrogen and oxygen atoms in total. The molecule has 94 valence electrons. The van der Waals surface area contributed by atoms with Crippen molar-refractivity contribution in [1.82, 2.24) is 19.7 Å². The van der Waals surface area contributed by atoms with E-state index in [1.165, 1.54) is 6.42 Å². The number of aromatic nitrogens is 3. The molecule has 1 unspecified atom stereocenters. The third kappa shape index (κ3) is 2.60. The van der Waals surface area contributed by atoms with Gasteiger partial charge in [0.1, 0.15) is 18.2 Å². The molecule has 0 N–H and O–H groups in total. The molecule has 0 bridgehead atoms. The summed E-state index contributed by atoms with van der Waals surface area (Å²) in [6.45, 7) is 3.60. The molecule has 1 aromatic rings. The van der Waals surface area contributed by atoms with Crippen molar-refractivity contribution < 1.29 is 4.79 Å². The number of hydrogen-bond acceptors (Lipinski definition) is 3. The first-order chi connectivity index (χ1) is 8.24. The Bertz CT molecular complexity index is 387. The summed E-state index contributed by atoms with van der Waals surface area (Å²) in [5.41, 5.74) is 0. The van der Waals surface area contributed by atoms with Crippen molar-refractivity contribution in [3.63, 3.8) is 0 Å². The van der Waals surface area contributed by atoms with Gasteiger partial charge in [-0.25, -0.2) is 0 Å². The van der Waals surface area contributed by atoms with Gasteiger partial charge in [-0.05, 0) is 26.2 Å². The largest absolute Gasteiger partial charge is 0.341 e. The zero-order valence-corrected chi connectivity index (χ0v) is 10.7. The average molecular weight is 257 g/mol. The summed E-state index contributed by atoms with van der Waals surface area (Å²) in [5.74, 6) is 1.05. The quantitative estimate of drug-likeness (QED) is 0.772. The fourth-order valence-corrected chi connectivity index (χ4v) is 2.37. The van der Waals surface area contributed by atoms with Crippen molar-refractivity contribution in [2.24, 2.45) is 0 Å². The number of carbonyl (C=O) groups excluding carboxylic acids is 1. The van der Waals surface area contributed by atoms with Gasteiger partial charge in [-0.3, -0.25) is 4.79 Å². The minimum absolute atomic E-state index is 0.135. The zero-order chi connectivity index (χ0) is 12.3. The lowest BCUT2D eigenvalue weighted by Gasteiger charge is -2.29. The van der Waals surface area contributed by atoms with Crippen LogP contribution in [0.2, 0.25) is 0 Å². The Morgan fingerprint density at radius 3 is 2.82 bits per heavy atom. The minimum Gasteiger partial charge on any atom is -0.341 e. The molecule has 0 aliphatic carbocycles. The highest BCUT2D eigenvalue weighted by Gasteiger charge is 2.24. The first kappa shape index (κ1) is 12.4. The fraction of sp³-hybridized carbons (Fsp3) is 0.727. The van der Waals surface area contributed by atoms with Crippen LogP contribution in [0.25, 0.3) is 0 Å². The summed E-state index contributed by atoms with van der Waals surface area (Å²) in [5, 5.41) is 7.69. The van der Waals surface area contributed by atoms with Gasteiger partial charge in [-0.1, -0.05) is 0 Å². The Labute approximate surface area is 106 Å². The lowest BCUT2D eigenvalue weighted by Crippen LogP contribution is -2.39. The molecule has 1 saturated heterocycles. The van der Waals surface area contributed by atoms with Gasteiger partial charge in [0.15, 0.2) is 0 Å². The monoisotopic (exact) mass is 256 g/mol. The van der Waals surface area contributed by atoms with Gasteiger partial charge in [0.05, 0.1) is 5.88 Å². The van der Waals surface area contributed by atoms with E-state index in [0.717, 1.165) is 25.9 Å². The number of alkyl halides is 1. The van der Waals surface area contributed by atoms with E-state index in [0.29, 0.717) is 5.82 Å². The predicted molar refractivity (Wildman–Crippen MR) is 64.7 cm³/mol. The van der Waals surface area contributed by atoms with Crippen LogP contribution in [-0.2, 0) is 10.7 Å². The van der Waals surface area contributed by atoms with Gasteiger partial charge < -0.3 is 9.47 Å². The number of rotatable bonds is 3. The molecule has 1 aromatic heterocycles. The third-order valence-electron chi connectivity index (χ3n) is 3.21. The summed E-state index contributed by atoms with van der Waals surface area (Å²) >= 11 is 5.76.